The summed E-state index contributed by atoms with van der Waals surface area (Å²) < 4.78 is 25.6. The molecule has 0 aliphatic carbocycles. The lowest BCUT2D eigenvalue weighted by Gasteiger charge is -2.11. The van der Waals surface area contributed by atoms with Crippen molar-refractivity contribution in [3.63, 3.8) is 0 Å². The van der Waals surface area contributed by atoms with Crippen molar-refractivity contribution >= 4 is 151 Å². The summed E-state index contributed by atoms with van der Waals surface area (Å²) in [4.78, 5) is 2.51. The molecule has 20 aromatic carbocycles. The molecule has 28 rings (SSSR count). The average Bonchev–Trinajstić information content (AvgIpc) is 1.57. The first-order chi connectivity index (χ1) is 67.4. The van der Waals surface area contributed by atoms with E-state index in [0.29, 0.717) is 0 Å². The zero-order valence-electron chi connectivity index (χ0n) is 73.6. The van der Waals surface area contributed by atoms with Gasteiger partial charge in [0.2, 0.25) is 11.4 Å². The zero-order valence-corrected chi connectivity index (χ0v) is 75.2. The van der Waals surface area contributed by atoms with Crippen LogP contribution < -0.4 is 0 Å². The zero-order chi connectivity index (χ0) is 89.4. The van der Waals surface area contributed by atoms with E-state index in [1.165, 1.54) is 168 Å². The molecule has 6 nitrogen and oxygen atoms in total. The maximum absolute atomic E-state index is 6.78. The highest BCUT2D eigenvalue weighted by Gasteiger charge is 2.27. The summed E-state index contributed by atoms with van der Waals surface area (Å²) in [6, 6.07) is 176. The second kappa shape index (κ2) is 32.3. The molecule has 0 aliphatic heterocycles. The monoisotopic (exact) mass is 1770 g/mol. The lowest BCUT2D eigenvalue weighted by atomic mass is 9.99. The quantitative estimate of drug-likeness (QED) is 0.109. The summed E-state index contributed by atoms with van der Waals surface area (Å²) >= 11 is 3.73. The molecule has 0 N–H and O–H groups in total. The van der Waals surface area contributed by atoms with E-state index in [9.17, 15) is 0 Å². The molecule has 28 aromatic rings. The van der Waals surface area contributed by atoms with E-state index in [1.54, 1.807) is 0 Å². The summed E-state index contributed by atoms with van der Waals surface area (Å²) in [7, 11) is 0. The number of thiophene rings is 2. The lowest BCUT2D eigenvalue weighted by molar-refractivity contribution is 0.645. The molecule has 0 fully saturated rings. The van der Waals surface area contributed by atoms with Gasteiger partial charge in [-0.15, -0.1) is 22.7 Å². The molecule has 0 amide bonds. The van der Waals surface area contributed by atoms with Gasteiger partial charge in [-0.2, -0.15) is 0 Å². The van der Waals surface area contributed by atoms with Gasteiger partial charge in [-0.3, -0.25) is 9.13 Å². The van der Waals surface area contributed by atoms with E-state index in [4.69, 9.17) is 8.83 Å². The van der Waals surface area contributed by atoms with Gasteiger partial charge in [-0.25, -0.2) is 0 Å². The Morgan fingerprint density at radius 1 is 0.147 bits per heavy atom. The van der Waals surface area contributed by atoms with Crippen molar-refractivity contribution in [3.8, 4) is 134 Å². The minimum Gasteiger partial charge on any atom is -0.439 e. The Morgan fingerprint density at radius 3 is 0.721 bits per heavy atom. The lowest BCUT2D eigenvalue weighted by Crippen LogP contribution is -1.94. The number of hydrogen-bond acceptors (Lipinski definition) is 4. The fourth-order valence-electron chi connectivity index (χ4n) is 20.9. The molecule has 0 spiro atoms. The topological polar surface area (TPSA) is 46.0 Å². The normalized spacial score (nSPS) is 11.8. The van der Waals surface area contributed by atoms with Crippen LogP contribution in [0.4, 0.5) is 0 Å². The van der Waals surface area contributed by atoms with Crippen molar-refractivity contribution in [2.24, 2.45) is 0 Å². The Balaban J connectivity index is 0.000000138. The number of para-hydroxylation sites is 2. The second-order valence-electron chi connectivity index (χ2n) is 35.4. The highest BCUT2D eigenvalue weighted by atomic mass is 32.1. The Kier molecular flexibility index (Phi) is 18.6. The summed E-state index contributed by atoms with van der Waals surface area (Å²) in [6.45, 7) is 0. The van der Waals surface area contributed by atoms with Gasteiger partial charge < -0.3 is 18.0 Å². The minimum atomic E-state index is 0.850. The third-order valence-electron chi connectivity index (χ3n) is 27.6. The Hall–Kier alpha value is -17.4. The number of fused-ring (bicyclic) bond motifs is 20. The van der Waals surface area contributed by atoms with Crippen LogP contribution in [0.15, 0.2) is 494 Å². The van der Waals surface area contributed by atoms with Crippen LogP contribution in [0.5, 0.6) is 0 Å². The predicted molar refractivity (Wildman–Crippen MR) is 575 cm³/mol. The van der Waals surface area contributed by atoms with Crippen molar-refractivity contribution in [3.05, 3.63) is 485 Å². The fourth-order valence-corrected chi connectivity index (χ4v) is 23.4. The standard InChI is InChI=1S/2C64H40N2OS/c1-3-13-41(14-4-1)43-25-29-45(30-26-43)47-17-11-19-51(37-47)65-57-35-33-49(39-55(57)61-53-21-7-9-23-59(53)67-63(61)65)50-34-36-58-56(40-50)62-54-22-8-10-24-60(54)68-64(62)66(58)52-20-12-18-48(38-52)46-31-27-44(28-32-46)42-15-5-2-6-16-42;1-3-11-41(12-4-1)43-19-23-45(24-20-43)47-27-33-51(34-28-47)65-57-37-31-49(39-55(57)61-53-15-7-9-17-59(53)67-63(61)65)50-32-38-58-56(40-50)62-54-16-8-10-18-60(54)68-64(62)66(58)52-35-29-48(30-36-52)46-25-21-44(22-26-46)42-13-5-2-6-14-42/h2*1-40H. The third kappa shape index (κ3) is 13.3. The van der Waals surface area contributed by atoms with Crippen LogP contribution >= 0.6 is 22.7 Å². The van der Waals surface area contributed by atoms with E-state index < -0.39 is 0 Å². The number of nitrogens with zero attached hydrogens (tertiary/aromatic N) is 4. The molecule has 0 atom stereocenters. The molecule has 8 heterocycles. The van der Waals surface area contributed by atoms with Crippen LogP contribution in [0.3, 0.4) is 0 Å². The molecule has 0 saturated carbocycles. The van der Waals surface area contributed by atoms with E-state index in [0.717, 1.165) is 94.4 Å². The van der Waals surface area contributed by atoms with Gasteiger partial charge in [0.1, 0.15) is 20.8 Å². The van der Waals surface area contributed by atoms with Gasteiger partial charge in [-0.05, 0) is 233 Å². The maximum Gasteiger partial charge on any atom is 0.213 e. The highest BCUT2D eigenvalue weighted by molar-refractivity contribution is 7.26. The Morgan fingerprint density at radius 2 is 0.375 bits per heavy atom. The number of benzene rings is 20. The van der Waals surface area contributed by atoms with Crippen molar-refractivity contribution < 1.29 is 8.83 Å². The molecule has 0 unspecified atom stereocenters. The summed E-state index contributed by atoms with van der Waals surface area (Å²) in [5.74, 6) is 0. The minimum absolute atomic E-state index is 0.850. The molecule has 0 radical (unpaired) electrons. The predicted octanol–water partition coefficient (Wildman–Crippen LogP) is 36.4. The third-order valence-corrected chi connectivity index (χ3v) is 29.9. The van der Waals surface area contributed by atoms with Gasteiger partial charge >= 0.3 is 0 Å². The first-order valence-electron chi connectivity index (χ1n) is 46.3. The van der Waals surface area contributed by atoms with Crippen LogP contribution in [0.2, 0.25) is 0 Å². The van der Waals surface area contributed by atoms with E-state index in [2.05, 4.69) is 504 Å². The van der Waals surface area contributed by atoms with Crippen molar-refractivity contribution in [1.29, 1.82) is 0 Å². The number of hydrogen-bond donors (Lipinski definition) is 0. The summed E-state index contributed by atoms with van der Waals surface area (Å²) in [5.41, 5.74) is 36.4. The molecule has 0 bridgehead atoms. The van der Waals surface area contributed by atoms with Crippen LogP contribution in [0.1, 0.15) is 0 Å². The number of aromatic nitrogens is 4. The summed E-state index contributed by atoms with van der Waals surface area (Å²) in [6.07, 6.45) is 0. The molecular weight excluding hydrogens is 1690 g/mol. The fraction of sp³-hybridized carbons (Fsp3) is 0. The van der Waals surface area contributed by atoms with Gasteiger partial charge in [0, 0.05) is 86.0 Å². The smallest absolute Gasteiger partial charge is 0.213 e. The first kappa shape index (κ1) is 78.4. The Labute approximate surface area is 791 Å². The van der Waals surface area contributed by atoms with Gasteiger partial charge in [0.15, 0.2) is 0 Å². The van der Waals surface area contributed by atoms with Crippen molar-refractivity contribution in [1.82, 2.24) is 18.3 Å². The van der Waals surface area contributed by atoms with Crippen molar-refractivity contribution in [2.45, 2.75) is 0 Å². The van der Waals surface area contributed by atoms with Crippen LogP contribution in [-0.2, 0) is 0 Å². The van der Waals surface area contributed by atoms with Gasteiger partial charge in [-0.1, -0.05) is 364 Å². The largest absolute Gasteiger partial charge is 0.439 e. The van der Waals surface area contributed by atoms with Crippen molar-refractivity contribution in [2.75, 3.05) is 0 Å². The van der Waals surface area contributed by atoms with E-state index in [-0.39, 0.29) is 0 Å². The molecule has 636 valence electrons. The number of furan rings is 2. The second-order valence-corrected chi connectivity index (χ2v) is 37.4. The molecule has 0 aliphatic rings. The van der Waals surface area contributed by atoms with Crippen LogP contribution in [-0.4, -0.2) is 18.3 Å². The van der Waals surface area contributed by atoms with Crippen LogP contribution in [0.25, 0.3) is 262 Å². The number of rotatable bonds is 14. The molecule has 0 saturated heterocycles. The first-order valence-corrected chi connectivity index (χ1v) is 47.9. The maximum atomic E-state index is 6.78. The van der Waals surface area contributed by atoms with Crippen LogP contribution in [0, 0.1) is 0 Å². The van der Waals surface area contributed by atoms with E-state index >= 15 is 0 Å². The van der Waals surface area contributed by atoms with Gasteiger partial charge in [0.05, 0.1) is 32.8 Å². The average molecular weight is 1770 g/mol. The SMILES string of the molecule is c1ccc(-c2ccc(-c3ccc(-n4c5ccc(-c6ccc7c(c6)c6c8ccccc8sc6n7-c6ccc(-c7ccc(-c8ccccc8)cc7)cc6)cc5c5c6ccccc6oc54)cc3)cc2)cc1.c1ccc(-c2ccc(-c3cccc(-n4c5ccc(-c6ccc7c(c6)c6c8ccccc8sc6n7-c6cccc(-c7ccc(-c8ccccc8)cc7)c6)cc5c5c6ccccc6oc54)c3)cc2)cc1. The molecular formula is C128H80N4O2S2. The van der Waals surface area contributed by atoms with Gasteiger partial charge in [0.25, 0.3) is 0 Å². The van der Waals surface area contributed by atoms with E-state index in [1.807, 2.05) is 22.7 Å². The Bertz CT molecular complexity index is 8970. The highest BCUT2D eigenvalue weighted by Crippen LogP contribution is 2.50. The molecule has 8 aromatic heterocycles. The molecule has 8 heteroatoms. The molecule has 136 heavy (non-hydrogen) atoms. The summed E-state index contributed by atoms with van der Waals surface area (Å²) in [5, 5.41) is 14.5.